The molecular formula is C17H23N3O2. The van der Waals surface area contributed by atoms with Crippen molar-refractivity contribution >= 4 is 17.0 Å². The SMILES string of the molecule is CCOC(=O)N1CCN(Cc2c(C)[nH]c3ccccc23)CC1. The molecule has 5 nitrogen and oxygen atoms in total. The van der Waals surface area contributed by atoms with Gasteiger partial charge in [-0.2, -0.15) is 0 Å². The minimum Gasteiger partial charge on any atom is -0.450 e. The second-order valence-corrected chi connectivity index (χ2v) is 5.74. The van der Waals surface area contributed by atoms with E-state index in [1.54, 1.807) is 4.90 Å². The van der Waals surface area contributed by atoms with Gasteiger partial charge < -0.3 is 14.6 Å². The van der Waals surface area contributed by atoms with Crippen LogP contribution in [0.1, 0.15) is 18.2 Å². The standard InChI is InChI=1S/C17H23N3O2/c1-3-22-17(21)20-10-8-19(9-11-20)12-15-13(2)18-16-7-5-4-6-14(15)16/h4-7,18H,3,8-12H2,1-2H3. The van der Waals surface area contributed by atoms with Gasteiger partial charge in [-0.25, -0.2) is 4.79 Å². The number of hydrogen-bond acceptors (Lipinski definition) is 3. The minimum absolute atomic E-state index is 0.189. The van der Waals surface area contributed by atoms with Crippen LogP contribution in [0.25, 0.3) is 10.9 Å². The van der Waals surface area contributed by atoms with Gasteiger partial charge in [0.15, 0.2) is 0 Å². The topological polar surface area (TPSA) is 48.6 Å². The maximum atomic E-state index is 11.7. The van der Waals surface area contributed by atoms with Gasteiger partial charge >= 0.3 is 6.09 Å². The zero-order valence-corrected chi connectivity index (χ0v) is 13.3. The Kier molecular flexibility index (Phi) is 4.34. The number of ether oxygens (including phenoxy) is 1. The molecule has 2 aromatic rings. The second kappa shape index (κ2) is 6.40. The molecule has 0 unspecified atom stereocenters. The van der Waals surface area contributed by atoms with Gasteiger partial charge in [0.05, 0.1) is 6.61 Å². The summed E-state index contributed by atoms with van der Waals surface area (Å²) in [5, 5.41) is 1.30. The zero-order valence-electron chi connectivity index (χ0n) is 13.3. The van der Waals surface area contributed by atoms with Crippen LogP contribution in [0.2, 0.25) is 0 Å². The third-order valence-electron chi connectivity index (χ3n) is 4.31. The summed E-state index contributed by atoms with van der Waals surface area (Å²) >= 11 is 0. The number of H-pyrrole nitrogens is 1. The predicted molar refractivity (Wildman–Crippen MR) is 86.9 cm³/mol. The largest absolute Gasteiger partial charge is 0.450 e. The molecule has 22 heavy (non-hydrogen) atoms. The number of para-hydroxylation sites is 1. The summed E-state index contributed by atoms with van der Waals surface area (Å²) in [6, 6.07) is 8.42. The highest BCUT2D eigenvalue weighted by molar-refractivity contribution is 5.84. The van der Waals surface area contributed by atoms with Gasteiger partial charge in [-0.3, -0.25) is 4.90 Å². The van der Waals surface area contributed by atoms with E-state index in [2.05, 4.69) is 41.1 Å². The van der Waals surface area contributed by atoms with E-state index in [9.17, 15) is 4.79 Å². The van der Waals surface area contributed by atoms with Crippen LogP contribution in [-0.4, -0.2) is 53.7 Å². The Bertz CT molecular complexity index is 657. The molecule has 0 aliphatic carbocycles. The van der Waals surface area contributed by atoms with Crippen LogP contribution >= 0.6 is 0 Å². The fraction of sp³-hybridized carbons (Fsp3) is 0.471. The Morgan fingerprint density at radius 1 is 1.23 bits per heavy atom. The van der Waals surface area contributed by atoms with E-state index in [-0.39, 0.29) is 6.09 Å². The zero-order chi connectivity index (χ0) is 15.5. The first-order valence-electron chi connectivity index (χ1n) is 7.89. The van der Waals surface area contributed by atoms with Gasteiger partial charge in [0.25, 0.3) is 0 Å². The van der Waals surface area contributed by atoms with Crippen molar-refractivity contribution in [2.24, 2.45) is 0 Å². The maximum absolute atomic E-state index is 11.7. The van der Waals surface area contributed by atoms with Crippen LogP contribution in [0, 0.1) is 6.92 Å². The van der Waals surface area contributed by atoms with E-state index in [0.717, 1.165) is 32.7 Å². The first-order valence-corrected chi connectivity index (χ1v) is 7.89. The van der Waals surface area contributed by atoms with Crippen molar-refractivity contribution in [2.75, 3.05) is 32.8 Å². The van der Waals surface area contributed by atoms with Crippen LogP contribution in [0.3, 0.4) is 0 Å². The molecule has 1 aliphatic rings. The molecule has 0 saturated carbocycles. The number of fused-ring (bicyclic) bond motifs is 1. The van der Waals surface area contributed by atoms with Crippen LogP contribution in [0.15, 0.2) is 24.3 Å². The highest BCUT2D eigenvalue weighted by Crippen LogP contribution is 2.23. The maximum Gasteiger partial charge on any atom is 0.409 e. The predicted octanol–water partition coefficient (Wildman–Crippen LogP) is 2.75. The van der Waals surface area contributed by atoms with Crippen molar-refractivity contribution in [3.05, 3.63) is 35.5 Å². The van der Waals surface area contributed by atoms with Gasteiger partial charge in [0, 0.05) is 49.3 Å². The molecule has 1 fully saturated rings. The minimum atomic E-state index is -0.189. The smallest absolute Gasteiger partial charge is 0.409 e. The molecule has 0 bridgehead atoms. The van der Waals surface area contributed by atoms with Gasteiger partial charge in [0.1, 0.15) is 0 Å². The molecule has 1 saturated heterocycles. The molecule has 5 heteroatoms. The molecule has 0 atom stereocenters. The first kappa shape index (κ1) is 14.9. The monoisotopic (exact) mass is 301 g/mol. The first-order chi connectivity index (χ1) is 10.7. The summed E-state index contributed by atoms with van der Waals surface area (Å²) in [7, 11) is 0. The number of aryl methyl sites for hydroxylation is 1. The molecule has 1 N–H and O–H groups in total. The number of hydrogen-bond donors (Lipinski definition) is 1. The van der Waals surface area contributed by atoms with Crippen molar-refractivity contribution < 1.29 is 9.53 Å². The van der Waals surface area contributed by atoms with E-state index < -0.39 is 0 Å². The van der Waals surface area contributed by atoms with E-state index in [4.69, 9.17) is 4.74 Å². The van der Waals surface area contributed by atoms with Crippen LogP contribution in [0.4, 0.5) is 4.79 Å². The van der Waals surface area contributed by atoms with Crippen molar-refractivity contribution in [2.45, 2.75) is 20.4 Å². The molecule has 118 valence electrons. The fourth-order valence-electron chi connectivity index (χ4n) is 3.07. The lowest BCUT2D eigenvalue weighted by Crippen LogP contribution is -2.48. The Morgan fingerprint density at radius 2 is 1.95 bits per heavy atom. The number of aromatic amines is 1. The Hall–Kier alpha value is -2.01. The number of amides is 1. The Balaban J connectivity index is 1.65. The van der Waals surface area contributed by atoms with Gasteiger partial charge in [0.2, 0.25) is 0 Å². The third-order valence-corrected chi connectivity index (χ3v) is 4.31. The van der Waals surface area contributed by atoms with Crippen molar-refractivity contribution in [1.29, 1.82) is 0 Å². The summed E-state index contributed by atoms with van der Waals surface area (Å²) in [4.78, 5) is 19.4. The van der Waals surface area contributed by atoms with E-state index >= 15 is 0 Å². The van der Waals surface area contributed by atoms with Crippen molar-refractivity contribution in [3.63, 3.8) is 0 Å². The van der Waals surface area contributed by atoms with Crippen LogP contribution < -0.4 is 0 Å². The average molecular weight is 301 g/mol. The van der Waals surface area contributed by atoms with E-state index in [0.29, 0.717) is 6.61 Å². The number of carbonyl (C=O) groups is 1. The molecule has 1 aromatic carbocycles. The summed E-state index contributed by atoms with van der Waals surface area (Å²) in [6.45, 7) is 8.58. The quantitative estimate of drug-likeness (QED) is 0.948. The highest BCUT2D eigenvalue weighted by Gasteiger charge is 2.22. The van der Waals surface area contributed by atoms with Crippen LogP contribution in [0.5, 0.6) is 0 Å². The number of carbonyl (C=O) groups excluding carboxylic acids is 1. The average Bonchev–Trinajstić information content (AvgIpc) is 2.84. The van der Waals surface area contributed by atoms with E-state index in [1.807, 2.05) is 6.92 Å². The lowest BCUT2D eigenvalue weighted by Gasteiger charge is -2.34. The molecule has 0 radical (unpaired) electrons. The molecular weight excluding hydrogens is 278 g/mol. The Labute approximate surface area is 130 Å². The van der Waals surface area contributed by atoms with E-state index in [1.165, 1.54) is 22.2 Å². The number of piperazine rings is 1. The number of benzene rings is 1. The lowest BCUT2D eigenvalue weighted by molar-refractivity contribution is 0.0779. The molecule has 3 rings (SSSR count). The molecule has 1 aliphatic heterocycles. The van der Waals surface area contributed by atoms with Gasteiger partial charge in [-0.15, -0.1) is 0 Å². The van der Waals surface area contributed by atoms with Crippen molar-refractivity contribution in [1.82, 2.24) is 14.8 Å². The summed E-state index contributed by atoms with van der Waals surface area (Å²) in [6.07, 6.45) is -0.189. The van der Waals surface area contributed by atoms with Crippen LogP contribution in [-0.2, 0) is 11.3 Å². The number of nitrogens with zero attached hydrogens (tertiary/aromatic N) is 2. The molecule has 1 aromatic heterocycles. The number of nitrogens with one attached hydrogen (secondary N) is 1. The molecule has 0 spiro atoms. The number of rotatable bonds is 3. The van der Waals surface area contributed by atoms with Gasteiger partial charge in [-0.1, -0.05) is 18.2 Å². The normalized spacial score (nSPS) is 16.2. The summed E-state index contributed by atoms with van der Waals surface area (Å²) in [5.74, 6) is 0. The van der Waals surface area contributed by atoms with Gasteiger partial charge in [-0.05, 0) is 25.5 Å². The Morgan fingerprint density at radius 3 is 2.68 bits per heavy atom. The second-order valence-electron chi connectivity index (χ2n) is 5.74. The fourth-order valence-corrected chi connectivity index (χ4v) is 3.07. The molecule has 1 amide bonds. The summed E-state index contributed by atoms with van der Waals surface area (Å²) in [5.41, 5.74) is 3.79. The molecule has 2 heterocycles. The lowest BCUT2D eigenvalue weighted by atomic mass is 10.1. The van der Waals surface area contributed by atoms with Crippen molar-refractivity contribution in [3.8, 4) is 0 Å². The highest BCUT2D eigenvalue weighted by atomic mass is 16.6. The third kappa shape index (κ3) is 2.95. The summed E-state index contributed by atoms with van der Waals surface area (Å²) < 4.78 is 5.06. The number of aromatic nitrogens is 1.